The number of fused-ring (bicyclic) bond motifs is 1. The van der Waals surface area contributed by atoms with Gasteiger partial charge in [-0.1, -0.05) is 66.7 Å². The fourth-order valence-electron chi connectivity index (χ4n) is 3.25. The number of ether oxygens (including phenoxy) is 1. The maximum absolute atomic E-state index is 5.27. The molecule has 2 nitrogen and oxygen atoms in total. The van der Waals surface area contributed by atoms with Crippen molar-refractivity contribution in [2.24, 2.45) is 4.99 Å². The minimum Gasteiger partial charge on any atom is -0.497 e. The van der Waals surface area contributed by atoms with Crippen LogP contribution in [0.4, 0.5) is 0 Å². The summed E-state index contributed by atoms with van der Waals surface area (Å²) in [5.74, 6) is 0.877. The van der Waals surface area contributed by atoms with Gasteiger partial charge < -0.3 is 4.74 Å². The minimum atomic E-state index is 0.140. The van der Waals surface area contributed by atoms with Gasteiger partial charge in [-0.25, -0.2) is 0 Å². The van der Waals surface area contributed by atoms with Gasteiger partial charge in [-0.05, 0) is 29.7 Å². The summed E-state index contributed by atoms with van der Waals surface area (Å²) in [6.45, 7) is 0. The molecule has 0 saturated heterocycles. The molecule has 3 aromatic rings. The summed E-state index contributed by atoms with van der Waals surface area (Å²) in [5.41, 5.74) is 6.07. The van der Waals surface area contributed by atoms with E-state index in [1.165, 1.54) is 22.3 Å². The van der Waals surface area contributed by atoms with Crippen LogP contribution in [0.2, 0.25) is 0 Å². The molecule has 24 heavy (non-hydrogen) atoms. The SMILES string of the molecule is COc1ccc([C@H]2Cc3ccccc3C(c3ccccc3)=N2)cc1. The van der Waals surface area contributed by atoms with Crippen LogP contribution in [0.15, 0.2) is 83.9 Å². The Kier molecular flexibility index (Phi) is 3.87. The van der Waals surface area contributed by atoms with Gasteiger partial charge >= 0.3 is 0 Å². The van der Waals surface area contributed by atoms with Crippen LogP contribution in [0.5, 0.6) is 5.75 Å². The van der Waals surface area contributed by atoms with E-state index >= 15 is 0 Å². The Labute approximate surface area is 142 Å². The maximum Gasteiger partial charge on any atom is 0.118 e. The summed E-state index contributed by atoms with van der Waals surface area (Å²) in [6.07, 6.45) is 0.929. The highest BCUT2D eigenvalue weighted by Gasteiger charge is 2.22. The van der Waals surface area contributed by atoms with Crippen LogP contribution in [0.25, 0.3) is 0 Å². The Hall–Kier alpha value is -2.87. The molecule has 0 aliphatic carbocycles. The van der Waals surface area contributed by atoms with Crippen molar-refractivity contribution in [2.45, 2.75) is 12.5 Å². The molecular weight excluding hydrogens is 294 g/mol. The van der Waals surface area contributed by atoms with Crippen molar-refractivity contribution in [1.29, 1.82) is 0 Å². The van der Waals surface area contributed by atoms with E-state index in [-0.39, 0.29) is 6.04 Å². The standard InChI is InChI=1S/C22H19NO/c1-24-19-13-11-16(12-14-19)21-15-18-9-5-6-10-20(18)22(23-21)17-7-3-2-4-8-17/h2-14,21H,15H2,1H3/t21-/m1/s1. The van der Waals surface area contributed by atoms with Gasteiger partial charge in [0.1, 0.15) is 5.75 Å². The number of aliphatic imine (C=N–C) groups is 1. The predicted octanol–water partition coefficient (Wildman–Crippen LogP) is 4.83. The largest absolute Gasteiger partial charge is 0.497 e. The number of methoxy groups -OCH3 is 1. The highest BCUT2D eigenvalue weighted by molar-refractivity contribution is 6.14. The number of hydrogen-bond donors (Lipinski definition) is 0. The quantitative estimate of drug-likeness (QED) is 0.678. The Morgan fingerprint density at radius 3 is 2.29 bits per heavy atom. The third-order valence-corrected chi connectivity index (χ3v) is 4.52. The van der Waals surface area contributed by atoms with Crippen molar-refractivity contribution in [3.8, 4) is 5.75 Å². The van der Waals surface area contributed by atoms with Crippen molar-refractivity contribution < 1.29 is 4.74 Å². The molecule has 0 N–H and O–H groups in total. The first-order valence-electron chi connectivity index (χ1n) is 8.20. The zero-order chi connectivity index (χ0) is 16.4. The van der Waals surface area contributed by atoms with E-state index in [1.54, 1.807) is 7.11 Å². The molecule has 0 saturated carbocycles. The van der Waals surface area contributed by atoms with E-state index in [2.05, 4.69) is 60.7 Å². The van der Waals surface area contributed by atoms with Crippen LogP contribution in [-0.2, 0) is 6.42 Å². The van der Waals surface area contributed by atoms with Gasteiger partial charge in [0.15, 0.2) is 0 Å². The molecule has 118 valence electrons. The summed E-state index contributed by atoms with van der Waals surface area (Å²) in [4.78, 5) is 5.09. The van der Waals surface area contributed by atoms with Crippen molar-refractivity contribution in [3.05, 3.63) is 101 Å². The molecule has 1 aliphatic rings. The molecule has 0 aromatic heterocycles. The van der Waals surface area contributed by atoms with Crippen LogP contribution in [0.3, 0.4) is 0 Å². The zero-order valence-corrected chi connectivity index (χ0v) is 13.6. The first-order chi connectivity index (χ1) is 11.8. The second-order valence-electron chi connectivity index (χ2n) is 5.99. The van der Waals surface area contributed by atoms with E-state index < -0.39 is 0 Å². The molecule has 1 heterocycles. The average Bonchev–Trinajstić information content (AvgIpc) is 2.68. The number of hydrogen-bond acceptors (Lipinski definition) is 2. The fraction of sp³-hybridized carbons (Fsp3) is 0.136. The van der Waals surface area contributed by atoms with Crippen molar-refractivity contribution >= 4 is 5.71 Å². The lowest BCUT2D eigenvalue weighted by Crippen LogP contribution is -2.17. The third kappa shape index (κ3) is 2.71. The molecule has 0 radical (unpaired) electrons. The number of nitrogens with zero attached hydrogens (tertiary/aromatic N) is 1. The first-order valence-corrected chi connectivity index (χ1v) is 8.20. The van der Waals surface area contributed by atoms with E-state index in [4.69, 9.17) is 9.73 Å². The highest BCUT2D eigenvalue weighted by Crippen LogP contribution is 2.32. The van der Waals surface area contributed by atoms with E-state index in [9.17, 15) is 0 Å². The Balaban J connectivity index is 1.80. The molecule has 2 heteroatoms. The summed E-state index contributed by atoms with van der Waals surface area (Å²) in [5, 5.41) is 0. The van der Waals surface area contributed by atoms with Gasteiger partial charge in [-0.2, -0.15) is 0 Å². The van der Waals surface area contributed by atoms with Crippen molar-refractivity contribution in [2.75, 3.05) is 7.11 Å². The molecule has 1 aliphatic heterocycles. The van der Waals surface area contributed by atoms with Gasteiger partial charge in [0.2, 0.25) is 0 Å². The number of rotatable bonds is 3. The Morgan fingerprint density at radius 2 is 1.54 bits per heavy atom. The van der Waals surface area contributed by atoms with Crippen LogP contribution in [0, 0.1) is 0 Å². The van der Waals surface area contributed by atoms with Crippen molar-refractivity contribution in [1.82, 2.24) is 0 Å². The lowest BCUT2D eigenvalue weighted by atomic mass is 9.88. The van der Waals surface area contributed by atoms with Crippen LogP contribution >= 0.6 is 0 Å². The van der Waals surface area contributed by atoms with Gasteiger partial charge in [-0.15, -0.1) is 0 Å². The Bertz CT molecular complexity index is 866. The highest BCUT2D eigenvalue weighted by atomic mass is 16.5. The van der Waals surface area contributed by atoms with Gasteiger partial charge in [-0.3, -0.25) is 4.99 Å². The Morgan fingerprint density at radius 1 is 0.833 bits per heavy atom. The number of benzene rings is 3. The zero-order valence-electron chi connectivity index (χ0n) is 13.6. The normalized spacial score (nSPS) is 16.2. The molecule has 0 fully saturated rings. The van der Waals surface area contributed by atoms with Gasteiger partial charge in [0.05, 0.1) is 18.9 Å². The van der Waals surface area contributed by atoms with Crippen LogP contribution in [0.1, 0.15) is 28.3 Å². The molecule has 1 atom stereocenters. The van der Waals surface area contributed by atoms with E-state index in [0.29, 0.717) is 0 Å². The molecule has 0 amide bonds. The summed E-state index contributed by atoms with van der Waals surface area (Å²) in [6, 6.07) is 27.4. The molecule has 3 aromatic carbocycles. The lowest BCUT2D eigenvalue weighted by Gasteiger charge is -2.24. The second-order valence-corrected chi connectivity index (χ2v) is 5.99. The van der Waals surface area contributed by atoms with Crippen LogP contribution in [-0.4, -0.2) is 12.8 Å². The summed E-state index contributed by atoms with van der Waals surface area (Å²) in [7, 11) is 1.69. The van der Waals surface area contributed by atoms with Gasteiger partial charge in [0.25, 0.3) is 0 Å². The second kappa shape index (κ2) is 6.32. The van der Waals surface area contributed by atoms with Crippen molar-refractivity contribution in [3.63, 3.8) is 0 Å². The third-order valence-electron chi connectivity index (χ3n) is 4.52. The molecule has 4 rings (SSSR count). The van der Waals surface area contributed by atoms with E-state index in [1.807, 2.05) is 18.2 Å². The minimum absolute atomic E-state index is 0.140. The molecule has 0 bridgehead atoms. The van der Waals surface area contributed by atoms with E-state index in [0.717, 1.165) is 17.9 Å². The maximum atomic E-state index is 5.27. The molecular formula is C22H19NO. The smallest absolute Gasteiger partial charge is 0.118 e. The summed E-state index contributed by atoms with van der Waals surface area (Å²) < 4.78 is 5.27. The monoisotopic (exact) mass is 313 g/mol. The summed E-state index contributed by atoms with van der Waals surface area (Å²) >= 11 is 0. The lowest BCUT2D eigenvalue weighted by molar-refractivity contribution is 0.414. The molecule has 0 spiro atoms. The predicted molar refractivity (Wildman–Crippen MR) is 98.0 cm³/mol. The van der Waals surface area contributed by atoms with Crippen LogP contribution < -0.4 is 4.74 Å². The topological polar surface area (TPSA) is 21.6 Å². The first kappa shape index (κ1) is 14.7. The van der Waals surface area contributed by atoms with Gasteiger partial charge in [0, 0.05) is 11.1 Å². The average molecular weight is 313 g/mol. The molecule has 0 unspecified atom stereocenters. The fourth-order valence-corrected chi connectivity index (χ4v) is 3.25.